The van der Waals surface area contributed by atoms with Gasteiger partial charge < -0.3 is 4.84 Å². The summed E-state index contributed by atoms with van der Waals surface area (Å²) in [4.78, 5) is 4.94. The van der Waals surface area contributed by atoms with Crippen molar-refractivity contribution in [2.45, 2.75) is 19.4 Å². The summed E-state index contributed by atoms with van der Waals surface area (Å²) in [5.41, 5.74) is -5.50. The molecule has 0 radical (unpaired) electrons. The summed E-state index contributed by atoms with van der Waals surface area (Å²) in [6.07, 6.45) is 3.40. The van der Waals surface area contributed by atoms with E-state index in [1.807, 2.05) is 0 Å². The first-order chi connectivity index (χ1) is 10.6. The first-order valence-electron chi connectivity index (χ1n) is 6.25. The van der Waals surface area contributed by atoms with E-state index < -0.39 is 15.5 Å². The Bertz CT molecular complexity index is 716. The lowest BCUT2D eigenvalue weighted by Gasteiger charge is -2.14. The lowest BCUT2D eigenvalue weighted by atomic mass is 10.1. The second kappa shape index (κ2) is 7.69. The topological polar surface area (TPSA) is 67.8 Å². The number of allylic oxidation sites excluding steroid dienone is 1. The molecule has 0 unspecified atom stereocenters. The van der Waals surface area contributed by atoms with E-state index >= 15 is 0 Å². The number of benzene rings is 1. The highest BCUT2D eigenvalue weighted by molar-refractivity contribution is 7.93. The maximum absolute atomic E-state index is 12.5. The van der Waals surface area contributed by atoms with E-state index in [1.165, 1.54) is 23.8 Å². The molecule has 0 saturated heterocycles. The van der Waals surface area contributed by atoms with E-state index in [9.17, 15) is 21.6 Å². The molecule has 0 bridgehead atoms. The number of oxime groups is 1. The number of hydrogen-bond donors (Lipinski definition) is 1. The summed E-state index contributed by atoms with van der Waals surface area (Å²) in [5, 5.41) is 3.92. The van der Waals surface area contributed by atoms with Crippen LogP contribution in [0.1, 0.15) is 19.4 Å². The molecule has 0 aliphatic carbocycles. The van der Waals surface area contributed by atoms with E-state index in [1.54, 1.807) is 19.1 Å². The molecule has 1 aromatic rings. The van der Waals surface area contributed by atoms with Gasteiger partial charge in [-0.15, -0.1) is 0 Å². The molecule has 0 amide bonds. The van der Waals surface area contributed by atoms with Gasteiger partial charge in [-0.25, -0.2) is 0 Å². The van der Waals surface area contributed by atoms with Crippen LogP contribution in [0.15, 0.2) is 35.5 Å². The minimum absolute atomic E-state index is 0.0748. The third kappa shape index (κ3) is 5.43. The van der Waals surface area contributed by atoms with Gasteiger partial charge in [0.1, 0.15) is 6.61 Å². The molecule has 23 heavy (non-hydrogen) atoms. The minimum Gasteiger partial charge on any atom is -0.391 e. The maximum Gasteiger partial charge on any atom is 0.516 e. The van der Waals surface area contributed by atoms with Gasteiger partial charge in [0.25, 0.3) is 0 Å². The fourth-order valence-corrected chi connectivity index (χ4v) is 2.19. The number of alkyl halides is 3. The molecule has 0 spiro atoms. The lowest BCUT2D eigenvalue weighted by Crippen LogP contribution is -2.30. The first kappa shape index (κ1) is 19.3. The molecule has 0 aliphatic rings. The summed E-state index contributed by atoms with van der Waals surface area (Å²) in [6.45, 7) is 3.39. The molecule has 0 heterocycles. The Morgan fingerprint density at radius 2 is 2.09 bits per heavy atom. The van der Waals surface area contributed by atoms with Gasteiger partial charge in [0, 0.05) is 10.6 Å². The number of rotatable bonds is 6. The lowest BCUT2D eigenvalue weighted by molar-refractivity contribution is -0.0429. The third-order valence-electron chi connectivity index (χ3n) is 2.53. The zero-order valence-corrected chi connectivity index (χ0v) is 13.8. The quantitative estimate of drug-likeness (QED) is 0.357. The van der Waals surface area contributed by atoms with Gasteiger partial charge in [-0.3, -0.25) is 4.72 Å². The fourth-order valence-electron chi connectivity index (χ4n) is 1.43. The van der Waals surface area contributed by atoms with Crippen LogP contribution in [0, 0.1) is 0 Å². The van der Waals surface area contributed by atoms with Crippen LogP contribution >= 0.6 is 11.6 Å². The number of nitrogens with one attached hydrogen (secondary N) is 1. The summed E-state index contributed by atoms with van der Waals surface area (Å²) < 4.78 is 61.4. The molecule has 0 saturated carbocycles. The smallest absolute Gasteiger partial charge is 0.391 e. The van der Waals surface area contributed by atoms with E-state index in [2.05, 4.69) is 5.16 Å². The summed E-state index contributed by atoms with van der Waals surface area (Å²) in [5.74, 6) is 0. The molecule has 1 N–H and O–H groups in total. The highest BCUT2D eigenvalue weighted by Crippen LogP contribution is 2.28. The van der Waals surface area contributed by atoms with Crippen LogP contribution in [-0.2, 0) is 14.9 Å². The second-order valence-corrected chi connectivity index (χ2v) is 6.39. The number of anilines is 1. The monoisotopic (exact) mass is 370 g/mol. The normalized spacial score (nSPS) is 13.4. The Labute approximate surface area is 136 Å². The second-order valence-electron chi connectivity index (χ2n) is 4.28. The van der Waals surface area contributed by atoms with Crippen molar-refractivity contribution in [2.75, 3.05) is 11.3 Å². The molecule has 5 nitrogen and oxygen atoms in total. The Kier molecular flexibility index (Phi) is 6.46. The SMILES string of the molecule is C/C=C/CO/N=C(\C)c1cc(Cl)ccc1NS(=O)(=O)C(F)(F)F. The van der Waals surface area contributed by atoms with Crippen molar-refractivity contribution in [3.63, 3.8) is 0 Å². The van der Waals surface area contributed by atoms with Crippen LogP contribution in [0.2, 0.25) is 5.02 Å². The van der Waals surface area contributed by atoms with Gasteiger partial charge >= 0.3 is 15.5 Å². The molecule has 0 atom stereocenters. The molecule has 10 heteroatoms. The van der Waals surface area contributed by atoms with Crippen molar-refractivity contribution in [2.24, 2.45) is 5.16 Å². The van der Waals surface area contributed by atoms with Crippen LogP contribution in [0.4, 0.5) is 18.9 Å². The van der Waals surface area contributed by atoms with Crippen LogP contribution in [0.25, 0.3) is 0 Å². The van der Waals surface area contributed by atoms with E-state index in [0.29, 0.717) is 0 Å². The Balaban J connectivity index is 3.16. The fraction of sp³-hybridized carbons (Fsp3) is 0.308. The van der Waals surface area contributed by atoms with E-state index in [4.69, 9.17) is 16.4 Å². The highest BCUT2D eigenvalue weighted by atomic mass is 35.5. The van der Waals surface area contributed by atoms with Crippen LogP contribution in [-0.4, -0.2) is 26.2 Å². The Morgan fingerprint density at radius 1 is 1.43 bits per heavy atom. The van der Waals surface area contributed by atoms with Crippen molar-refractivity contribution in [3.05, 3.63) is 40.9 Å². The summed E-state index contributed by atoms with van der Waals surface area (Å²) in [6, 6.07) is 3.66. The van der Waals surface area contributed by atoms with Crippen LogP contribution in [0.5, 0.6) is 0 Å². The van der Waals surface area contributed by atoms with Crippen molar-refractivity contribution in [3.8, 4) is 0 Å². The first-order valence-corrected chi connectivity index (χ1v) is 8.11. The number of sulfonamides is 1. The van der Waals surface area contributed by atoms with Gasteiger partial charge in [-0.1, -0.05) is 22.8 Å². The summed E-state index contributed by atoms with van der Waals surface area (Å²) in [7, 11) is -5.55. The van der Waals surface area contributed by atoms with Crippen LogP contribution in [0.3, 0.4) is 0 Å². The molecular formula is C13H14ClF3N2O3S. The van der Waals surface area contributed by atoms with Gasteiger partial charge in [0.2, 0.25) is 0 Å². The van der Waals surface area contributed by atoms with Gasteiger partial charge in [0.05, 0.1) is 11.4 Å². The Morgan fingerprint density at radius 3 is 2.65 bits per heavy atom. The van der Waals surface area contributed by atoms with Gasteiger partial charge in [-0.05, 0) is 38.1 Å². The maximum atomic E-state index is 12.5. The number of halogens is 4. The third-order valence-corrected chi connectivity index (χ3v) is 3.86. The van der Waals surface area contributed by atoms with Crippen LogP contribution < -0.4 is 4.72 Å². The number of hydrogen-bond acceptors (Lipinski definition) is 4. The molecule has 1 aromatic carbocycles. The zero-order chi connectivity index (χ0) is 17.7. The van der Waals surface area contributed by atoms with E-state index in [0.717, 1.165) is 6.07 Å². The van der Waals surface area contributed by atoms with Gasteiger partial charge in [0.15, 0.2) is 0 Å². The predicted octanol–water partition coefficient (Wildman–Crippen LogP) is 3.92. The number of nitrogens with zero attached hydrogens (tertiary/aromatic N) is 1. The predicted molar refractivity (Wildman–Crippen MR) is 83.0 cm³/mol. The molecule has 0 fully saturated rings. The van der Waals surface area contributed by atoms with Crippen molar-refractivity contribution < 1.29 is 26.4 Å². The standard InChI is InChI=1S/C13H14ClF3N2O3S/c1-3-4-7-22-18-9(2)11-8-10(14)5-6-12(11)19-23(20,21)13(15,16)17/h3-6,8,19H,7H2,1-2H3/b4-3+,18-9+. The average Bonchev–Trinajstić information content (AvgIpc) is 2.44. The molecule has 1 rings (SSSR count). The highest BCUT2D eigenvalue weighted by Gasteiger charge is 2.46. The average molecular weight is 371 g/mol. The summed E-state index contributed by atoms with van der Waals surface area (Å²) >= 11 is 5.80. The zero-order valence-electron chi connectivity index (χ0n) is 12.2. The molecule has 0 aromatic heterocycles. The van der Waals surface area contributed by atoms with Crippen molar-refractivity contribution in [1.29, 1.82) is 0 Å². The molecular weight excluding hydrogens is 357 g/mol. The van der Waals surface area contributed by atoms with Crippen molar-refractivity contribution >= 4 is 33.0 Å². The van der Waals surface area contributed by atoms with Gasteiger partial charge in [-0.2, -0.15) is 21.6 Å². The minimum atomic E-state index is -5.55. The van der Waals surface area contributed by atoms with E-state index in [-0.39, 0.29) is 28.6 Å². The van der Waals surface area contributed by atoms with Crippen molar-refractivity contribution in [1.82, 2.24) is 0 Å². The largest absolute Gasteiger partial charge is 0.516 e. The molecule has 0 aliphatic heterocycles. The Hall–Kier alpha value is -1.74. The molecule has 128 valence electrons.